The minimum Gasteiger partial charge on any atom is -0.493 e. The van der Waals surface area contributed by atoms with Crippen molar-refractivity contribution in [3.63, 3.8) is 0 Å². The van der Waals surface area contributed by atoms with E-state index >= 15 is 0 Å². The van der Waals surface area contributed by atoms with Crippen LogP contribution in [-0.4, -0.2) is 46.5 Å². The highest BCUT2D eigenvalue weighted by Gasteiger charge is 2.17. The summed E-state index contributed by atoms with van der Waals surface area (Å²) in [7, 11) is 4.59. The highest BCUT2D eigenvalue weighted by Crippen LogP contribution is 2.39. The van der Waals surface area contributed by atoms with Crippen LogP contribution >= 0.6 is 15.9 Å². The number of hydrogen-bond acceptors (Lipinski definition) is 8. The first kappa shape index (κ1) is 29.6. The number of halogens is 1. The van der Waals surface area contributed by atoms with Gasteiger partial charge in [0.1, 0.15) is 6.61 Å². The maximum atomic E-state index is 12.7. The highest BCUT2D eigenvalue weighted by atomic mass is 79.9. The van der Waals surface area contributed by atoms with Gasteiger partial charge in [-0.3, -0.25) is 4.79 Å². The van der Waals surface area contributed by atoms with E-state index in [-0.39, 0.29) is 24.7 Å². The molecule has 0 bridgehead atoms. The molecule has 9 nitrogen and oxygen atoms in total. The Bertz CT molecular complexity index is 1270. The van der Waals surface area contributed by atoms with Crippen LogP contribution in [0.15, 0.2) is 59.1 Å². The van der Waals surface area contributed by atoms with Crippen LogP contribution in [0.5, 0.6) is 28.7 Å². The van der Waals surface area contributed by atoms with Crippen LogP contribution in [0, 0.1) is 0 Å². The Morgan fingerprint density at radius 2 is 1.56 bits per heavy atom. The zero-order valence-corrected chi connectivity index (χ0v) is 24.0. The predicted molar refractivity (Wildman–Crippen MR) is 149 cm³/mol. The normalized spacial score (nSPS) is 10.4. The summed E-state index contributed by atoms with van der Waals surface area (Å²) in [5.41, 5.74) is 2.55. The summed E-state index contributed by atoms with van der Waals surface area (Å²) in [6.07, 6.45) is -0.258. The number of amides is 1. The van der Waals surface area contributed by atoms with E-state index in [4.69, 9.17) is 28.4 Å². The lowest BCUT2D eigenvalue weighted by Gasteiger charge is -2.16. The second-order valence-electron chi connectivity index (χ2n) is 8.26. The Kier molecular flexibility index (Phi) is 11.3. The van der Waals surface area contributed by atoms with Crippen LogP contribution in [0.4, 0.5) is 4.79 Å². The molecule has 0 fully saturated rings. The van der Waals surface area contributed by atoms with Gasteiger partial charge in [0.05, 0.1) is 34.4 Å². The molecular weight excluding hydrogens is 570 g/mol. The first-order valence-electron chi connectivity index (χ1n) is 12.3. The van der Waals surface area contributed by atoms with Gasteiger partial charge in [-0.2, -0.15) is 0 Å². The van der Waals surface area contributed by atoms with Crippen molar-refractivity contribution in [3.05, 3.63) is 75.8 Å². The standard InChI is InChI=1S/C29H32BrNO8/c1-5-37-29(33)39-24-15-21(22(30)17-23(24)34-2)16-27(32)31-12-11-20-13-25(35-3)28(36-4)26(14-20)38-18-19-9-7-6-8-10-19/h6-10,13-15,17H,5,11-12,16,18H2,1-4H3,(H,31,32). The molecule has 0 aliphatic carbocycles. The Morgan fingerprint density at radius 1 is 0.846 bits per heavy atom. The SMILES string of the molecule is CCOC(=O)Oc1cc(CC(=O)NCCc2cc(OC)c(OC)c(OCc3ccccc3)c2)c(Br)cc1OC. The van der Waals surface area contributed by atoms with E-state index < -0.39 is 6.16 Å². The number of rotatable bonds is 13. The monoisotopic (exact) mass is 601 g/mol. The van der Waals surface area contributed by atoms with Gasteiger partial charge in [0.25, 0.3) is 0 Å². The number of ether oxygens (including phenoxy) is 6. The van der Waals surface area contributed by atoms with Crippen LogP contribution < -0.4 is 29.0 Å². The Hall–Kier alpha value is -3.92. The molecule has 0 radical (unpaired) electrons. The van der Waals surface area contributed by atoms with E-state index in [0.717, 1.165) is 11.1 Å². The lowest BCUT2D eigenvalue weighted by atomic mass is 10.1. The van der Waals surface area contributed by atoms with Gasteiger partial charge >= 0.3 is 6.16 Å². The van der Waals surface area contributed by atoms with Gasteiger partial charge in [0.15, 0.2) is 23.0 Å². The van der Waals surface area contributed by atoms with Gasteiger partial charge in [-0.1, -0.05) is 46.3 Å². The Labute approximate surface area is 236 Å². The summed E-state index contributed by atoms with van der Waals surface area (Å²) in [6, 6.07) is 16.8. The summed E-state index contributed by atoms with van der Waals surface area (Å²) in [5, 5.41) is 2.92. The molecule has 3 aromatic rings. The van der Waals surface area contributed by atoms with Gasteiger partial charge in [-0.05, 0) is 54.3 Å². The number of hydrogen-bond donors (Lipinski definition) is 1. The molecule has 3 rings (SSSR count). The molecule has 0 aromatic heterocycles. The fourth-order valence-corrected chi connectivity index (χ4v) is 4.20. The van der Waals surface area contributed by atoms with Gasteiger partial charge in [0, 0.05) is 11.0 Å². The molecule has 0 unspecified atom stereocenters. The summed E-state index contributed by atoms with van der Waals surface area (Å²) in [4.78, 5) is 24.5. The van der Waals surface area contributed by atoms with Crippen LogP contribution in [0.1, 0.15) is 23.6 Å². The van der Waals surface area contributed by atoms with E-state index in [2.05, 4.69) is 21.2 Å². The molecule has 39 heavy (non-hydrogen) atoms. The van der Waals surface area contributed by atoms with Gasteiger partial charge < -0.3 is 33.7 Å². The van der Waals surface area contributed by atoms with Crippen molar-refractivity contribution >= 4 is 28.0 Å². The lowest BCUT2D eigenvalue weighted by Crippen LogP contribution is -2.27. The van der Waals surface area contributed by atoms with Crippen molar-refractivity contribution in [3.8, 4) is 28.7 Å². The third kappa shape index (κ3) is 8.54. The van der Waals surface area contributed by atoms with Crippen molar-refractivity contribution in [1.82, 2.24) is 5.32 Å². The lowest BCUT2D eigenvalue weighted by molar-refractivity contribution is -0.120. The van der Waals surface area contributed by atoms with Crippen molar-refractivity contribution in [1.29, 1.82) is 0 Å². The zero-order valence-electron chi connectivity index (χ0n) is 22.4. The minimum absolute atomic E-state index is 0.0567. The molecule has 10 heteroatoms. The average Bonchev–Trinajstić information content (AvgIpc) is 2.93. The molecule has 0 aliphatic rings. The molecular formula is C29H32BrNO8. The Morgan fingerprint density at radius 3 is 2.23 bits per heavy atom. The average molecular weight is 602 g/mol. The van der Waals surface area contributed by atoms with Gasteiger partial charge in [-0.25, -0.2) is 4.79 Å². The molecule has 3 aromatic carbocycles. The number of nitrogens with one attached hydrogen (secondary N) is 1. The molecule has 208 valence electrons. The van der Waals surface area contributed by atoms with Crippen molar-refractivity contribution < 1.29 is 38.0 Å². The highest BCUT2D eigenvalue weighted by molar-refractivity contribution is 9.10. The number of methoxy groups -OCH3 is 3. The van der Waals surface area contributed by atoms with Crippen molar-refractivity contribution in [2.45, 2.75) is 26.4 Å². The maximum Gasteiger partial charge on any atom is 0.513 e. The van der Waals surface area contributed by atoms with Crippen LogP contribution in [-0.2, 0) is 29.0 Å². The summed E-state index contributed by atoms with van der Waals surface area (Å²) < 4.78 is 33.0. The summed E-state index contributed by atoms with van der Waals surface area (Å²) >= 11 is 3.45. The van der Waals surface area contributed by atoms with Gasteiger partial charge in [0.2, 0.25) is 11.7 Å². The van der Waals surface area contributed by atoms with E-state index in [1.807, 2.05) is 42.5 Å². The zero-order chi connectivity index (χ0) is 28.2. The van der Waals surface area contributed by atoms with E-state index in [9.17, 15) is 9.59 Å². The minimum atomic E-state index is -0.851. The molecule has 1 amide bonds. The van der Waals surface area contributed by atoms with Crippen LogP contribution in [0.3, 0.4) is 0 Å². The molecule has 0 atom stereocenters. The first-order chi connectivity index (χ1) is 18.9. The van der Waals surface area contributed by atoms with Crippen LogP contribution in [0.2, 0.25) is 0 Å². The molecule has 0 saturated carbocycles. The molecule has 0 heterocycles. The van der Waals surface area contributed by atoms with Crippen molar-refractivity contribution in [2.24, 2.45) is 0 Å². The number of benzene rings is 3. The molecule has 0 aliphatic heterocycles. The molecule has 0 saturated heterocycles. The predicted octanol–water partition coefficient (Wildman–Crippen LogP) is 5.49. The number of carbonyl (C=O) groups is 2. The quantitative estimate of drug-likeness (QED) is 0.203. The first-order valence-corrected chi connectivity index (χ1v) is 13.1. The topological polar surface area (TPSA) is 102 Å². The molecule has 0 spiro atoms. The summed E-state index contributed by atoms with van der Waals surface area (Å²) in [6.45, 7) is 2.61. The van der Waals surface area contributed by atoms with Crippen molar-refractivity contribution in [2.75, 3.05) is 34.5 Å². The second-order valence-corrected chi connectivity index (χ2v) is 9.11. The third-order valence-corrected chi connectivity index (χ3v) is 6.35. The number of carbonyl (C=O) groups excluding carboxylic acids is 2. The molecule has 1 N–H and O–H groups in total. The maximum absolute atomic E-state index is 12.7. The Balaban J connectivity index is 1.65. The smallest absolute Gasteiger partial charge is 0.493 e. The second kappa shape index (κ2) is 14.9. The summed E-state index contributed by atoms with van der Waals surface area (Å²) in [5.74, 6) is 1.89. The van der Waals surface area contributed by atoms with Crippen LogP contribution in [0.25, 0.3) is 0 Å². The third-order valence-electron chi connectivity index (χ3n) is 5.62. The van der Waals surface area contributed by atoms with E-state index in [0.29, 0.717) is 52.6 Å². The van der Waals surface area contributed by atoms with E-state index in [1.165, 1.54) is 7.11 Å². The largest absolute Gasteiger partial charge is 0.513 e. The van der Waals surface area contributed by atoms with E-state index in [1.54, 1.807) is 33.3 Å². The fraction of sp³-hybridized carbons (Fsp3) is 0.310. The van der Waals surface area contributed by atoms with Gasteiger partial charge in [-0.15, -0.1) is 0 Å². The fourth-order valence-electron chi connectivity index (χ4n) is 3.74.